The molecule has 5 nitrogen and oxygen atoms in total. The van der Waals surface area contributed by atoms with E-state index in [0.717, 1.165) is 122 Å². The van der Waals surface area contributed by atoms with Gasteiger partial charge in [-0.05, 0) is 122 Å². The van der Waals surface area contributed by atoms with Crippen LogP contribution >= 0.6 is 0 Å². The molecule has 0 aliphatic heterocycles. The number of unbranched alkanes of at least 4 members (excludes halogenated alkanes) is 14. The minimum Gasteiger partial charge on any atom is -0.462 e. The Balaban J connectivity index is 4.43. The average Bonchev–Trinajstić information content (AvgIpc) is 3.32. The van der Waals surface area contributed by atoms with E-state index in [1.807, 2.05) is 0 Å². The van der Waals surface area contributed by atoms with E-state index < -0.39 is 6.10 Å². The van der Waals surface area contributed by atoms with Gasteiger partial charge in [0.05, 0.1) is 6.61 Å². The molecule has 0 amide bonds. The molecule has 372 valence electrons. The molecule has 0 bridgehead atoms. The van der Waals surface area contributed by atoms with Crippen LogP contribution in [0.1, 0.15) is 213 Å². The van der Waals surface area contributed by atoms with Crippen LogP contribution in [0.15, 0.2) is 134 Å². The topological polar surface area (TPSA) is 61.8 Å². The highest BCUT2D eigenvalue weighted by atomic mass is 16.6. The highest BCUT2D eigenvalue weighted by molar-refractivity contribution is 5.70. The summed E-state index contributed by atoms with van der Waals surface area (Å²) in [6.07, 6.45) is 79.0. The number of hydrogen-bond donors (Lipinski definition) is 0. The molecule has 1 atom stereocenters. The zero-order chi connectivity index (χ0) is 47.7. The van der Waals surface area contributed by atoms with Crippen molar-refractivity contribution in [1.82, 2.24) is 0 Å². The first-order valence-electron chi connectivity index (χ1n) is 26.7. The Morgan fingerprint density at radius 2 is 0.652 bits per heavy atom. The molecule has 1 unspecified atom stereocenters. The van der Waals surface area contributed by atoms with E-state index >= 15 is 0 Å². The highest BCUT2D eigenvalue weighted by Gasteiger charge is 2.17. The molecular formula is C61H98O5. The number of esters is 2. The summed E-state index contributed by atoms with van der Waals surface area (Å²) < 4.78 is 17.4. The Labute approximate surface area is 407 Å². The molecular weight excluding hydrogens is 813 g/mol. The average molecular weight is 911 g/mol. The second-order valence-electron chi connectivity index (χ2n) is 17.0. The van der Waals surface area contributed by atoms with Gasteiger partial charge in [-0.1, -0.05) is 212 Å². The Hall–Kier alpha value is -3.96. The molecule has 0 saturated heterocycles. The van der Waals surface area contributed by atoms with Gasteiger partial charge in [-0.3, -0.25) is 9.59 Å². The van der Waals surface area contributed by atoms with Gasteiger partial charge >= 0.3 is 11.9 Å². The van der Waals surface area contributed by atoms with Gasteiger partial charge in [-0.15, -0.1) is 0 Å². The van der Waals surface area contributed by atoms with Crippen molar-refractivity contribution in [2.24, 2.45) is 0 Å². The van der Waals surface area contributed by atoms with Crippen LogP contribution < -0.4 is 0 Å². The van der Waals surface area contributed by atoms with Crippen LogP contribution in [0.25, 0.3) is 0 Å². The van der Waals surface area contributed by atoms with Crippen LogP contribution in [0.5, 0.6) is 0 Å². The van der Waals surface area contributed by atoms with Gasteiger partial charge in [0.1, 0.15) is 6.61 Å². The molecule has 0 saturated carbocycles. The van der Waals surface area contributed by atoms with Crippen molar-refractivity contribution in [1.29, 1.82) is 0 Å². The minimum absolute atomic E-state index is 0.0369. The van der Waals surface area contributed by atoms with Crippen LogP contribution in [0, 0.1) is 0 Å². The zero-order valence-corrected chi connectivity index (χ0v) is 42.7. The molecule has 5 heteroatoms. The third-order valence-corrected chi connectivity index (χ3v) is 10.7. The summed E-state index contributed by atoms with van der Waals surface area (Å²) in [6.45, 7) is 7.38. The number of ether oxygens (including phenoxy) is 3. The molecule has 0 spiro atoms. The van der Waals surface area contributed by atoms with E-state index in [4.69, 9.17) is 14.2 Å². The molecule has 0 heterocycles. The SMILES string of the molecule is CC/C=C\C/C=C\C/C=C\C/C=C\C/C=C\CCCC(=O)OCC(COCCCCCCCCCC/C=C\C/C=C\C/C=C\CC)OC(=O)CCCCCCC/C=C\C/C=C\C/C=C\CC. The number of hydrogen-bond acceptors (Lipinski definition) is 5. The predicted octanol–water partition coefficient (Wildman–Crippen LogP) is 18.3. The maximum atomic E-state index is 12.8. The van der Waals surface area contributed by atoms with Crippen molar-refractivity contribution in [3.05, 3.63) is 134 Å². The van der Waals surface area contributed by atoms with E-state index in [1.54, 1.807) is 0 Å². The smallest absolute Gasteiger partial charge is 0.306 e. The molecule has 0 N–H and O–H groups in total. The molecule has 66 heavy (non-hydrogen) atoms. The summed E-state index contributed by atoms with van der Waals surface area (Å²) >= 11 is 0. The Kier molecular flexibility index (Phi) is 52.0. The molecule has 0 aliphatic rings. The van der Waals surface area contributed by atoms with E-state index in [2.05, 4.69) is 154 Å². The van der Waals surface area contributed by atoms with Gasteiger partial charge in [-0.2, -0.15) is 0 Å². The van der Waals surface area contributed by atoms with Gasteiger partial charge in [0.2, 0.25) is 0 Å². The fourth-order valence-corrected chi connectivity index (χ4v) is 6.81. The van der Waals surface area contributed by atoms with Crippen LogP contribution in [-0.4, -0.2) is 37.9 Å². The Morgan fingerprint density at radius 3 is 1.06 bits per heavy atom. The van der Waals surface area contributed by atoms with Crippen molar-refractivity contribution in [3.63, 3.8) is 0 Å². The van der Waals surface area contributed by atoms with Gasteiger partial charge in [0.15, 0.2) is 6.10 Å². The maximum absolute atomic E-state index is 12.8. The summed E-state index contributed by atoms with van der Waals surface area (Å²) in [5.74, 6) is -0.497. The second kappa shape index (κ2) is 55.4. The first kappa shape index (κ1) is 62.0. The second-order valence-corrected chi connectivity index (χ2v) is 17.0. The predicted molar refractivity (Wildman–Crippen MR) is 288 cm³/mol. The van der Waals surface area contributed by atoms with Crippen molar-refractivity contribution < 1.29 is 23.8 Å². The third-order valence-electron chi connectivity index (χ3n) is 10.7. The van der Waals surface area contributed by atoms with Gasteiger partial charge in [-0.25, -0.2) is 0 Å². The van der Waals surface area contributed by atoms with E-state index in [0.29, 0.717) is 19.4 Å². The molecule has 0 radical (unpaired) electrons. The van der Waals surface area contributed by atoms with Gasteiger partial charge < -0.3 is 14.2 Å². The lowest BCUT2D eigenvalue weighted by Crippen LogP contribution is -2.30. The lowest BCUT2D eigenvalue weighted by atomic mass is 10.1. The largest absolute Gasteiger partial charge is 0.462 e. The quantitative estimate of drug-likeness (QED) is 0.0346. The molecule has 0 aromatic rings. The lowest BCUT2D eigenvalue weighted by molar-refractivity contribution is -0.163. The molecule has 0 aromatic heterocycles. The van der Waals surface area contributed by atoms with Crippen molar-refractivity contribution in [2.45, 2.75) is 219 Å². The van der Waals surface area contributed by atoms with Crippen LogP contribution in [-0.2, 0) is 23.8 Å². The summed E-state index contributed by atoms with van der Waals surface area (Å²) in [5, 5.41) is 0. The number of allylic oxidation sites excluding steroid dienone is 22. The van der Waals surface area contributed by atoms with Gasteiger partial charge in [0, 0.05) is 19.4 Å². The van der Waals surface area contributed by atoms with Crippen molar-refractivity contribution >= 4 is 11.9 Å². The van der Waals surface area contributed by atoms with E-state index in [-0.39, 0.29) is 25.2 Å². The normalized spacial score (nSPS) is 13.3. The maximum Gasteiger partial charge on any atom is 0.306 e. The van der Waals surface area contributed by atoms with Crippen LogP contribution in [0.2, 0.25) is 0 Å². The minimum atomic E-state index is -0.582. The fraction of sp³-hybridized carbons (Fsp3) is 0.607. The third kappa shape index (κ3) is 52.7. The summed E-state index contributed by atoms with van der Waals surface area (Å²) in [7, 11) is 0. The van der Waals surface area contributed by atoms with Crippen molar-refractivity contribution in [3.8, 4) is 0 Å². The monoisotopic (exact) mass is 911 g/mol. The Bertz CT molecular complexity index is 1400. The first-order chi connectivity index (χ1) is 32.6. The van der Waals surface area contributed by atoms with Crippen LogP contribution in [0.4, 0.5) is 0 Å². The first-order valence-corrected chi connectivity index (χ1v) is 26.7. The summed E-state index contributed by atoms with van der Waals surface area (Å²) in [5.41, 5.74) is 0. The lowest BCUT2D eigenvalue weighted by Gasteiger charge is -2.18. The zero-order valence-electron chi connectivity index (χ0n) is 42.7. The summed E-state index contributed by atoms with van der Waals surface area (Å²) in [4.78, 5) is 25.4. The number of carbonyl (C=O) groups excluding carboxylic acids is 2. The van der Waals surface area contributed by atoms with Crippen LogP contribution in [0.3, 0.4) is 0 Å². The highest BCUT2D eigenvalue weighted by Crippen LogP contribution is 2.13. The van der Waals surface area contributed by atoms with Gasteiger partial charge in [0.25, 0.3) is 0 Å². The Morgan fingerprint density at radius 1 is 0.333 bits per heavy atom. The fourth-order valence-electron chi connectivity index (χ4n) is 6.81. The molecule has 0 aromatic carbocycles. The van der Waals surface area contributed by atoms with Crippen molar-refractivity contribution in [2.75, 3.05) is 19.8 Å². The molecule has 0 rings (SSSR count). The standard InChI is InChI=1S/C61H98O5/c1-4-7-10-13-16-19-22-25-28-30-32-35-38-41-44-47-50-53-56-64-57-59(66-61(63)55-52-49-46-43-40-37-33-27-24-21-18-15-12-9-6-3)58-65-60(62)54-51-48-45-42-39-36-34-31-29-26-23-20-17-14-11-8-5-2/h7-12,16-21,25-29,33-34,36,42,45,59H,4-6,13-15,22-24,30-32,35,37-41,43-44,46-58H2,1-3H3/b10-7-,11-8-,12-9-,19-16-,20-17-,21-18-,28-25-,29-26-,33-27-,36-34-,45-42-. The van der Waals surface area contributed by atoms with E-state index in [1.165, 1.54) is 57.8 Å². The summed E-state index contributed by atoms with van der Waals surface area (Å²) in [6, 6.07) is 0. The number of carbonyl (C=O) groups is 2. The van der Waals surface area contributed by atoms with E-state index in [9.17, 15) is 9.59 Å². The molecule has 0 aliphatic carbocycles. The number of rotatable bonds is 47. The molecule has 0 fully saturated rings.